The molecule has 2 heterocycles. The monoisotopic (exact) mass is 329 g/mol. The molecule has 23 heavy (non-hydrogen) atoms. The van der Waals surface area contributed by atoms with E-state index in [9.17, 15) is 9.59 Å². The maximum atomic E-state index is 12.1. The summed E-state index contributed by atoms with van der Waals surface area (Å²) in [7, 11) is 0. The first kappa shape index (κ1) is 15.7. The van der Waals surface area contributed by atoms with E-state index in [0.29, 0.717) is 12.1 Å². The van der Waals surface area contributed by atoms with Gasteiger partial charge in [0.2, 0.25) is 5.91 Å². The topological polar surface area (TPSA) is 75.4 Å². The predicted octanol–water partition coefficient (Wildman–Crippen LogP) is 2.45. The Morgan fingerprint density at radius 2 is 2.22 bits per heavy atom. The van der Waals surface area contributed by atoms with Crippen molar-refractivity contribution in [2.24, 2.45) is 5.73 Å². The first-order valence-corrected chi connectivity index (χ1v) is 8.53. The summed E-state index contributed by atoms with van der Waals surface area (Å²) in [5.41, 5.74) is 7.93. The standard InChI is InChI=1S/C17H19N3O2S/c18-16(21)15-5-2-7-20(15)10-12-3-1-4-14(9-12)19-17(22)13-6-8-23-11-13/h1,3-4,6,8-9,11,15H,2,5,7,10H2,(H2,18,21)(H,19,22)/t15-/m1/s1. The Bertz CT molecular complexity index is 700. The lowest BCUT2D eigenvalue weighted by molar-refractivity contribution is -0.122. The quantitative estimate of drug-likeness (QED) is 0.885. The number of hydrogen-bond donors (Lipinski definition) is 2. The SMILES string of the molecule is NC(=O)[C@H]1CCCN1Cc1cccc(NC(=O)c2ccsc2)c1. The number of carbonyl (C=O) groups excluding carboxylic acids is 2. The first-order valence-electron chi connectivity index (χ1n) is 7.59. The molecule has 3 rings (SSSR count). The highest BCUT2D eigenvalue weighted by molar-refractivity contribution is 7.08. The molecule has 0 bridgehead atoms. The van der Waals surface area contributed by atoms with Crippen molar-refractivity contribution in [1.29, 1.82) is 0 Å². The van der Waals surface area contributed by atoms with Gasteiger partial charge in [0.05, 0.1) is 11.6 Å². The summed E-state index contributed by atoms with van der Waals surface area (Å²) >= 11 is 1.49. The largest absolute Gasteiger partial charge is 0.368 e. The molecule has 1 atom stereocenters. The number of amides is 2. The third-order valence-electron chi connectivity index (χ3n) is 4.05. The molecule has 6 heteroatoms. The third-order valence-corrected chi connectivity index (χ3v) is 4.73. The fraction of sp³-hybridized carbons (Fsp3) is 0.294. The number of nitrogens with two attached hydrogens (primary N) is 1. The van der Waals surface area contributed by atoms with Gasteiger partial charge in [-0.25, -0.2) is 0 Å². The Morgan fingerprint density at radius 3 is 2.96 bits per heavy atom. The van der Waals surface area contributed by atoms with Crippen molar-refractivity contribution >= 4 is 28.8 Å². The molecule has 1 aromatic heterocycles. The van der Waals surface area contributed by atoms with Gasteiger partial charge in [-0.2, -0.15) is 11.3 Å². The van der Waals surface area contributed by atoms with Crippen LogP contribution in [0.25, 0.3) is 0 Å². The number of rotatable bonds is 5. The summed E-state index contributed by atoms with van der Waals surface area (Å²) in [6.45, 7) is 1.54. The Kier molecular flexibility index (Phi) is 4.73. The molecular weight excluding hydrogens is 310 g/mol. The van der Waals surface area contributed by atoms with E-state index in [0.717, 1.165) is 30.6 Å². The molecule has 0 unspecified atom stereocenters. The number of primary amides is 1. The second-order valence-electron chi connectivity index (χ2n) is 5.70. The highest BCUT2D eigenvalue weighted by Crippen LogP contribution is 2.21. The van der Waals surface area contributed by atoms with E-state index >= 15 is 0 Å². The molecular formula is C17H19N3O2S. The summed E-state index contributed by atoms with van der Waals surface area (Å²) in [5.74, 6) is -0.371. The molecule has 1 aliphatic heterocycles. The van der Waals surface area contributed by atoms with Gasteiger partial charge in [0, 0.05) is 17.6 Å². The molecule has 0 saturated carbocycles. The van der Waals surface area contributed by atoms with Crippen LogP contribution in [0.3, 0.4) is 0 Å². The highest BCUT2D eigenvalue weighted by atomic mass is 32.1. The predicted molar refractivity (Wildman–Crippen MR) is 91.3 cm³/mol. The normalized spacial score (nSPS) is 18.0. The zero-order valence-corrected chi connectivity index (χ0v) is 13.5. The van der Waals surface area contributed by atoms with E-state index < -0.39 is 0 Å². The minimum absolute atomic E-state index is 0.111. The second-order valence-corrected chi connectivity index (χ2v) is 6.48. The Hall–Kier alpha value is -2.18. The summed E-state index contributed by atoms with van der Waals surface area (Å²) in [6.07, 6.45) is 1.81. The summed E-state index contributed by atoms with van der Waals surface area (Å²) in [6, 6.07) is 9.33. The van der Waals surface area contributed by atoms with Crippen molar-refractivity contribution < 1.29 is 9.59 Å². The number of nitrogens with one attached hydrogen (secondary N) is 1. The van der Waals surface area contributed by atoms with Crippen LogP contribution in [0, 0.1) is 0 Å². The van der Waals surface area contributed by atoms with Crippen LogP contribution in [0.1, 0.15) is 28.8 Å². The van der Waals surface area contributed by atoms with Crippen LogP contribution in [0.4, 0.5) is 5.69 Å². The third kappa shape index (κ3) is 3.78. The van der Waals surface area contributed by atoms with Crippen molar-refractivity contribution in [3.05, 3.63) is 52.2 Å². The van der Waals surface area contributed by atoms with E-state index in [1.54, 1.807) is 6.07 Å². The fourth-order valence-corrected chi connectivity index (χ4v) is 3.55. The van der Waals surface area contributed by atoms with Gasteiger partial charge in [-0.3, -0.25) is 14.5 Å². The van der Waals surface area contributed by atoms with Crippen molar-refractivity contribution in [2.45, 2.75) is 25.4 Å². The lowest BCUT2D eigenvalue weighted by Gasteiger charge is -2.22. The van der Waals surface area contributed by atoms with Crippen LogP contribution in [-0.4, -0.2) is 29.3 Å². The summed E-state index contributed by atoms with van der Waals surface area (Å²) in [5, 5.41) is 6.60. The average molecular weight is 329 g/mol. The minimum Gasteiger partial charge on any atom is -0.368 e. The molecule has 0 aliphatic carbocycles. The van der Waals surface area contributed by atoms with Crippen LogP contribution in [0.5, 0.6) is 0 Å². The van der Waals surface area contributed by atoms with Gasteiger partial charge in [0.15, 0.2) is 0 Å². The molecule has 0 spiro atoms. The van der Waals surface area contributed by atoms with Gasteiger partial charge in [0.25, 0.3) is 5.91 Å². The van der Waals surface area contributed by atoms with E-state index in [1.807, 2.05) is 35.0 Å². The number of likely N-dealkylation sites (tertiary alicyclic amines) is 1. The number of nitrogens with zero attached hydrogens (tertiary/aromatic N) is 1. The molecule has 1 fully saturated rings. The van der Waals surface area contributed by atoms with Crippen molar-refractivity contribution in [1.82, 2.24) is 4.90 Å². The minimum atomic E-state index is -0.260. The smallest absolute Gasteiger partial charge is 0.256 e. The van der Waals surface area contributed by atoms with E-state index in [2.05, 4.69) is 10.2 Å². The molecule has 3 N–H and O–H groups in total. The molecule has 1 aromatic carbocycles. The zero-order valence-electron chi connectivity index (χ0n) is 12.7. The molecule has 1 aliphatic rings. The number of anilines is 1. The van der Waals surface area contributed by atoms with E-state index in [4.69, 9.17) is 5.73 Å². The lowest BCUT2D eigenvalue weighted by atomic mass is 10.1. The van der Waals surface area contributed by atoms with E-state index in [-0.39, 0.29) is 17.9 Å². The Labute approximate surface area is 139 Å². The Balaban J connectivity index is 1.68. The van der Waals surface area contributed by atoms with Crippen LogP contribution >= 0.6 is 11.3 Å². The highest BCUT2D eigenvalue weighted by Gasteiger charge is 2.28. The van der Waals surface area contributed by atoms with Crippen LogP contribution < -0.4 is 11.1 Å². The number of benzene rings is 1. The average Bonchev–Trinajstić information content (AvgIpc) is 3.18. The van der Waals surface area contributed by atoms with Gasteiger partial charge in [-0.15, -0.1) is 0 Å². The number of thiophene rings is 1. The maximum Gasteiger partial charge on any atom is 0.256 e. The van der Waals surface area contributed by atoms with Crippen molar-refractivity contribution in [3.63, 3.8) is 0 Å². The Morgan fingerprint density at radius 1 is 1.35 bits per heavy atom. The molecule has 2 amide bonds. The van der Waals surface area contributed by atoms with Crippen LogP contribution in [-0.2, 0) is 11.3 Å². The molecule has 5 nitrogen and oxygen atoms in total. The van der Waals surface area contributed by atoms with Gasteiger partial charge in [-0.1, -0.05) is 12.1 Å². The molecule has 120 valence electrons. The molecule has 0 radical (unpaired) electrons. The lowest BCUT2D eigenvalue weighted by Crippen LogP contribution is -2.39. The fourth-order valence-electron chi connectivity index (χ4n) is 2.92. The number of carbonyl (C=O) groups is 2. The molecule has 1 saturated heterocycles. The van der Waals surface area contributed by atoms with Gasteiger partial charge in [0.1, 0.15) is 0 Å². The summed E-state index contributed by atoms with van der Waals surface area (Å²) < 4.78 is 0. The number of hydrogen-bond acceptors (Lipinski definition) is 4. The van der Waals surface area contributed by atoms with Crippen LogP contribution in [0.2, 0.25) is 0 Å². The molecule has 2 aromatic rings. The van der Waals surface area contributed by atoms with Crippen molar-refractivity contribution in [2.75, 3.05) is 11.9 Å². The maximum absolute atomic E-state index is 12.1. The second kappa shape index (κ2) is 6.93. The summed E-state index contributed by atoms with van der Waals surface area (Å²) in [4.78, 5) is 25.7. The zero-order chi connectivity index (χ0) is 16.2. The first-order chi connectivity index (χ1) is 11.1. The van der Waals surface area contributed by atoms with Gasteiger partial charge in [-0.05, 0) is 48.5 Å². The van der Waals surface area contributed by atoms with Gasteiger partial charge < -0.3 is 11.1 Å². The van der Waals surface area contributed by atoms with E-state index in [1.165, 1.54) is 11.3 Å². The van der Waals surface area contributed by atoms with Crippen molar-refractivity contribution in [3.8, 4) is 0 Å². The van der Waals surface area contributed by atoms with Crippen LogP contribution in [0.15, 0.2) is 41.1 Å². The van der Waals surface area contributed by atoms with Gasteiger partial charge >= 0.3 is 0 Å².